The van der Waals surface area contributed by atoms with Gasteiger partial charge in [0.2, 0.25) is 0 Å². The quantitative estimate of drug-likeness (QED) is 0.0474. The largest absolute Gasteiger partial charge is 0.294 e. The fraction of sp³-hybridized carbons (Fsp3) is 0.425. The van der Waals surface area contributed by atoms with Gasteiger partial charge in [-0.05, 0) is 162 Å². The molecule has 0 unspecified atom stereocenters. The summed E-state index contributed by atoms with van der Waals surface area (Å²) in [7, 11) is 0. The van der Waals surface area contributed by atoms with Crippen molar-refractivity contribution in [2.45, 2.75) is 229 Å². The van der Waals surface area contributed by atoms with E-state index in [0.717, 1.165) is 129 Å². The molecule has 0 radical (unpaired) electrons. The first-order valence-electron chi connectivity index (χ1n) is 32.3. The third-order valence-corrected chi connectivity index (χ3v) is 14.0. The minimum Gasteiger partial charge on any atom is -0.294 e. The second-order valence-corrected chi connectivity index (χ2v) is 19.6. The van der Waals surface area contributed by atoms with Crippen LogP contribution in [0.15, 0.2) is 162 Å². The normalized spacial score (nSPS) is 10.9. The number of ketones is 4. The lowest BCUT2D eigenvalue weighted by Crippen LogP contribution is -2.08. The van der Waals surface area contributed by atoms with Gasteiger partial charge in [-0.25, -0.2) is 0 Å². The number of rotatable bonds is 23. The van der Waals surface area contributed by atoms with Crippen LogP contribution in [0.2, 0.25) is 0 Å². The van der Waals surface area contributed by atoms with E-state index in [1.165, 1.54) is 22.3 Å². The number of carbonyl (C=O) groups excluding carboxylic acids is 4. The van der Waals surface area contributed by atoms with Gasteiger partial charge in [0.1, 0.15) is 0 Å². The monoisotopic (exact) mass is 1140 g/mol. The van der Waals surface area contributed by atoms with Gasteiger partial charge < -0.3 is 0 Å². The van der Waals surface area contributed by atoms with Crippen LogP contribution in [0.1, 0.15) is 250 Å². The summed E-state index contributed by atoms with van der Waals surface area (Å²) >= 11 is 0. The van der Waals surface area contributed by atoms with Gasteiger partial charge in [0.15, 0.2) is 23.1 Å². The molecular weight excluding hydrogens is 1020 g/mol. The zero-order chi connectivity index (χ0) is 64.2. The predicted octanol–water partition coefficient (Wildman–Crippen LogP) is 22.6. The summed E-state index contributed by atoms with van der Waals surface area (Å²) in [5.74, 6) is 0.504. The SMILES string of the molecule is CC.CC.CC.CC.CC.CC.CCCc1ccc(/C(C)=C(\C)C(=O)Cc2ccc(CC(=O)/C(C)=C(\C)c3ccc(CCC)cc3)cc2)cc1.CCCc1ccc(C(=O)Cc2ccc(CC(=O)/C(C)=C(\C)c3ccc(CCC)cc3)cc2)cc1. The molecule has 0 saturated heterocycles. The predicted molar refractivity (Wildman–Crippen MR) is 372 cm³/mol. The Morgan fingerprint density at radius 2 is 0.405 bits per heavy atom. The fourth-order valence-electron chi connectivity index (χ4n) is 8.84. The topological polar surface area (TPSA) is 68.3 Å². The van der Waals surface area contributed by atoms with Crippen molar-refractivity contribution in [3.05, 3.63) is 229 Å². The maximum Gasteiger partial charge on any atom is 0.167 e. The second-order valence-electron chi connectivity index (χ2n) is 19.6. The minimum absolute atomic E-state index is 0.117. The lowest BCUT2D eigenvalue weighted by molar-refractivity contribution is -0.115. The van der Waals surface area contributed by atoms with E-state index in [-0.39, 0.29) is 23.1 Å². The molecule has 6 aromatic carbocycles. The first kappa shape index (κ1) is 79.3. The Balaban J connectivity index is 0. The van der Waals surface area contributed by atoms with Crippen LogP contribution in [-0.2, 0) is 65.8 Å². The van der Waals surface area contributed by atoms with E-state index in [0.29, 0.717) is 25.7 Å². The highest BCUT2D eigenvalue weighted by Crippen LogP contribution is 2.25. The summed E-state index contributed by atoms with van der Waals surface area (Å²) in [5, 5.41) is 0. The number of Topliss-reactive ketones (excluding diaryl/α,β-unsaturated/α-hetero) is 4. The molecule has 0 bridgehead atoms. The molecule has 0 aliphatic carbocycles. The molecule has 0 heterocycles. The number of hydrogen-bond donors (Lipinski definition) is 0. The van der Waals surface area contributed by atoms with Crippen molar-refractivity contribution in [3.8, 4) is 0 Å². The van der Waals surface area contributed by atoms with Crippen molar-refractivity contribution in [3.63, 3.8) is 0 Å². The van der Waals surface area contributed by atoms with E-state index in [2.05, 4.69) is 100 Å². The van der Waals surface area contributed by atoms with Crippen LogP contribution in [0.4, 0.5) is 0 Å². The molecule has 0 aromatic heterocycles. The summed E-state index contributed by atoms with van der Waals surface area (Å²) in [6.45, 7) is 44.5. The number of benzene rings is 6. The van der Waals surface area contributed by atoms with E-state index >= 15 is 0 Å². The molecule has 0 amide bonds. The Morgan fingerprint density at radius 1 is 0.238 bits per heavy atom. The van der Waals surface area contributed by atoms with Gasteiger partial charge in [0, 0.05) is 31.2 Å². The average Bonchev–Trinajstić information content (AvgIpc) is 3.65. The van der Waals surface area contributed by atoms with E-state index in [1.54, 1.807) is 0 Å². The molecule has 0 N–H and O–H groups in total. The van der Waals surface area contributed by atoms with Gasteiger partial charge in [0.25, 0.3) is 0 Å². The van der Waals surface area contributed by atoms with Crippen LogP contribution in [-0.4, -0.2) is 23.1 Å². The van der Waals surface area contributed by atoms with Gasteiger partial charge in [0.05, 0.1) is 0 Å². The summed E-state index contributed by atoms with van der Waals surface area (Å²) < 4.78 is 0. The number of carbonyl (C=O) groups is 4. The van der Waals surface area contributed by atoms with Crippen molar-refractivity contribution in [1.29, 1.82) is 0 Å². The zero-order valence-corrected chi connectivity index (χ0v) is 57.0. The minimum atomic E-state index is 0.117. The fourth-order valence-corrected chi connectivity index (χ4v) is 8.84. The lowest BCUT2D eigenvalue weighted by Gasteiger charge is -2.10. The molecular formula is C80H114O4. The highest BCUT2D eigenvalue weighted by atomic mass is 16.1. The maximum atomic E-state index is 13.0. The zero-order valence-electron chi connectivity index (χ0n) is 57.0. The second kappa shape index (κ2) is 47.6. The molecule has 0 aliphatic heterocycles. The number of hydrogen-bond acceptors (Lipinski definition) is 4. The van der Waals surface area contributed by atoms with Gasteiger partial charge in [-0.15, -0.1) is 0 Å². The van der Waals surface area contributed by atoms with E-state index < -0.39 is 0 Å². The van der Waals surface area contributed by atoms with Crippen LogP contribution in [0.3, 0.4) is 0 Å². The molecule has 4 heteroatoms. The van der Waals surface area contributed by atoms with Crippen LogP contribution >= 0.6 is 0 Å². The standard InChI is InChI=1S/C36H42O2.C32H36O2.6C2H6/c1-7-9-29-15-19-33(20-16-29)25(3)27(5)35(37)23-31-11-13-32(14-12-31)24-36(38)28(6)26(4)34-21-17-30(10-8-2)18-22-34;1-5-7-25-13-17-29(18-14-25)23(3)24(4)31(33)21-27-9-11-28(12-10-27)22-32(34)30-19-15-26(8-6-2)16-20-30;6*1-2/h11-22H,7-10,23-24H2,1-6H3;9-20H,5-8,21-22H2,1-4H3;6*1-2H3/b27-25+,28-26+;24-23+;;;;;;. The molecule has 458 valence electrons. The Kier molecular flexibility index (Phi) is 44.9. The average molecular weight is 1140 g/mol. The number of allylic oxidation sites excluding steroid dienone is 6. The highest BCUT2D eigenvalue weighted by Gasteiger charge is 2.15. The van der Waals surface area contributed by atoms with Gasteiger partial charge in [-0.3, -0.25) is 19.2 Å². The maximum absolute atomic E-state index is 13.0. The van der Waals surface area contributed by atoms with Crippen LogP contribution in [0.5, 0.6) is 0 Å². The van der Waals surface area contributed by atoms with Crippen molar-refractivity contribution in [1.82, 2.24) is 0 Å². The molecule has 0 spiro atoms. The van der Waals surface area contributed by atoms with Crippen molar-refractivity contribution in [2.75, 3.05) is 0 Å². The number of aryl methyl sites for hydroxylation is 4. The highest BCUT2D eigenvalue weighted by molar-refractivity contribution is 6.04. The summed E-state index contributed by atoms with van der Waals surface area (Å²) in [4.78, 5) is 51.5. The first-order chi connectivity index (χ1) is 40.6. The van der Waals surface area contributed by atoms with E-state index in [4.69, 9.17) is 0 Å². The molecule has 0 fully saturated rings. The van der Waals surface area contributed by atoms with Gasteiger partial charge >= 0.3 is 0 Å². The van der Waals surface area contributed by atoms with Crippen LogP contribution in [0, 0.1) is 0 Å². The third kappa shape index (κ3) is 28.2. The van der Waals surface area contributed by atoms with Crippen LogP contribution < -0.4 is 0 Å². The smallest absolute Gasteiger partial charge is 0.167 e. The Hall–Kier alpha value is -6.78. The molecule has 4 nitrogen and oxygen atoms in total. The first-order valence-corrected chi connectivity index (χ1v) is 32.3. The molecule has 6 rings (SSSR count). The third-order valence-electron chi connectivity index (χ3n) is 14.0. The summed E-state index contributed by atoms with van der Waals surface area (Å²) in [5.41, 5.74) is 18.6. The molecule has 84 heavy (non-hydrogen) atoms. The van der Waals surface area contributed by atoms with Gasteiger partial charge in [-0.2, -0.15) is 0 Å². The Morgan fingerprint density at radius 3 is 0.595 bits per heavy atom. The molecule has 6 aromatic rings. The molecule has 0 saturated carbocycles. The Bertz CT molecular complexity index is 2730. The van der Waals surface area contributed by atoms with E-state index in [1.807, 2.05) is 197 Å². The van der Waals surface area contributed by atoms with Crippen molar-refractivity contribution < 1.29 is 19.2 Å². The van der Waals surface area contributed by atoms with E-state index in [9.17, 15) is 19.2 Å². The lowest BCUT2D eigenvalue weighted by atomic mass is 9.94. The molecule has 0 aliphatic rings. The Labute approximate surface area is 514 Å². The van der Waals surface area contributed by atoms with Crippen LogP contribution in [0.25, 0.3) is 16.7 Å². The van der Waals surface area contributed by atoms with Crippen molar-refractivity contribution >= 4 is 39.9 Å². The van der Waals surface area contributed by atoms with Crippen molar-refractivity contribution in [2.24, 2.45) is 0 Å². The molecule has 0 atom stereocenters. The summed E-state index contributed by atoms with van der Waals surface area (Å²) in [6, 6.07) is 49.3. The summed E-state index contributed by atoms with van der Waals surface area (Å²) in [6.07, 6.45) is 10.2. The van der Waals surface area contributed by atoms with Gasteiger partial charge in [-0.1, -0.05) is 282 Å².